The molecule has 0 spiro atoms. The Hall–Kier alpha value is -2.48. The van der Waals surface area contributed by atoms with Crippen molar-refractivity contribution >= 4 is 35.1 Å². The number of nitriles is 2. The Kier molecular flexibility index (Phi) is 8.18. The van der Waals surface area contributed by atoms with Crippen LogP contribution in [0.15, 0.2) is 12.1 Å². The number of ether oxygens (including phenoxy) is 2. The van der Waals surface area contributed by atoms with Crippen molar-refractivity contribution in [3.05, 3.63) is 27.7 Å². The van der Waals surface area contributed by atoms with E-state index in [9.17, 15) is 25.2 Å². The molecular formula is C17H16Cl2N2O5. The molecule has 1 N–H and O–H groups in total. The zero-order valence-corrected chi connectivity index (χ0v) is 15.5. The first-order valence-corrected chi connectivity index (χ1v) is 8.38. The molecule has 0 bridgehead atoms. The van der Waals surface area contributed by atoms with Crippen LogP contribution in [-0.2, 0) is 19.1 Å². The van der Waals surface area contributed by atoms with Gasteiger partial charge in [0, 0.05) is 16.5 Å². The van der Waals surface area contributed by atoms with Gasteiger partial charge in [-0.05, 0) is 26.0 Å². The quantitative estimate of drug-likeness (QED) is 0.699. The maximum Gasteiger partial charge on any atom is 0.324 e. The number of carbonyl (C=O) groups excluding carboxylic acids is 2. The molecule has 0 radical (unpaired) electrons. The summed E-state index contributed by atoms with van der Waals surface area (Å²) >= 11 is 11.9. The number of esters is 2. The van der Waals surface area contributed by atoms with Gasteiger partial charge in [-0.3, -0.25) is 9.59 Å². The highest BCUT2D eigenvalue weighted by atomic mass is 35.5. The summed E-state index contributed by atoms with van der Waals surface area (Å²) in [4.78, 5) is 24.4. The van der Waals surface area contributed by atoms with Crippen molar-refractivity contribution in [3.63, 3.8) is 0 Å². The zero-order valence-electron chi connectivity index (χ0n) is 14.0. The number of hydrogen-bond acceptors (Lipinski definition) is 7. The Balaban J connectivity index is 3.62. The molecule has 1 aromatic carbocycles. The monoisotopic (exact) mass is 398 g/mol. The molecule has 7 nitrogen and oxygen atoms in total. The molecule has 1 rings (SSSR count). The third-order valence-electron chi connectivity index (χ3n) is 3.49. The lowest BCUT2D eigenvalue weighted by molar-refractivity contribution is -0.150. The van der Waals surface area contributed by atoms with Gasteiger partial charge in [0.1, 0.15) is 5.75 Å². The van der Waals surface area contributed by atoms with Gasteiger partial charge < -0.3 is 14.6 Å². The van der Waals surface area contributed by atoms with E-state index in [1.807, 2.05) is 0 Å². The van der Waals surface area contributed by atoms with Gasteiger partial charge in [0.05, 0.1) is 30.4 Å². The topological polar surface area (TPSA) is 120 Å². The fourth-order valence-corrected chi connectivity index (χ4v) is 2.92. The van der Waals surface area contributed by atoms with Crippen molar-refractivity contribution in [1.82, 2.24) is 0 Å². The lowest BCUT2D eigenvalue weighted by Gasteiger charge is -2.25. The van der Waals surface area contributed by atoms with E-state index in [0.717, 1.165) is 0 Å². The van der Waals surface area contributed by atoms with Crippen molar-refractivity contribution in [3.8, 4) is 17.9 Å². The smallest absolute Gasteiger partial charge is 0.324 e. The standard InChI is InChI=1S/C17H16Cl2N2O5/c1-3-25-16(23)11(7-20)14(12(8-21)17(24)26-4-2)10-5-9(18)6-13(19)15(10)22/h5-6,11-12,14,22H,3-4H2,1-2H3/t11-,12-/m1/s1. The molecule has 1 aromatic rings. The average Bonchev–Trinajstić information content (AvgIpc) is 2.58. The van der Waals surface area contributed by atoms with E-state index in [1.165, 1.54) is 12.1 Å². The van der Waals surface area contributed by atoms with Crippen molar-refractivity contribution in [2.75, 3.05) is 13.2 Å². The Morgan fingerprint density at radius 1 is 1.08 bits per heavy atom. The van der Waals surface area contributed by atoms with Gasteiger partial charge in [-0.2, -0.15) is 10.5 Å². The highest BCUT2D eigenvalue weighted by Gasteiger charge is 2.43. The molecule has 0 saturated heterocycles. The first kappa shape index (κ1) is 21.6. The minimum absolute atomic E-state index is 0.0113. The minimum Gasteiger partial charge on any atom is -0.506 e. The molecule has 0 saturated carbocycles. The van der Waals surface area contributed by atoms with E-state index < -0.39 is 35.4 Å². The number of halogens is 2. The number of aromatic hydroxyl groups is 1. The molecule has 0 aliphatic carbocycles. The van der Waals surface area contributed by atoms with Crippen LogP contribution in [0.3, 0.4) is 0 Å². The Bertz CT molecular complexity index is 734. The summed E-state index contributed by atoms with van der Waals surface area (Å²) < 4.78 is 9.72. The molecule has 9 heteroatoms. The summed E-state index contributed by atoms with van der Waals surface area (Å²) in [6, 6.07) is 5.95. The lowest BCUT2D eigenvalue weighted by atomic mass is 9.77. The van der Waals surface area contributed by atoms with Crippen LogP contribution in [0.1, 0.15) is 25.3 Å². The van der Waals surface area contributed by atoms with Crippen LogP contribution in [0.25, 0.3) is 0 Å². The SMILES string of the molecule is CCOC(=O)[C@H](C#N)C(c1cc(Cl)cc(Cl)c1O)[C@@H](C#N)C(=O)OCC. The van der Waals surface area contributed by atoms with Crippen molar-refractivity contribution < 1.29 is 24.2 Å². The van der Waals surface area contributed by atoms with Crippen molar-refractivity contribution in [2.45, 2.75) is 19.8 Å². The van der Waals surface area contributed by atoms with Gasteiger partial charge in [-0.25, -0.2) is 0 Å². The highest BCUT2D eigenvalue weighted by Crippen LogP contribution is 2.42. The zero-order chi connectivity index (χ0) is 19.9. The first-order chi connectivity index (χ1) is 12.3. The van der Waals surface area contributed by atoms with Crippen LogP contribution in [0, 0.1) is 34.5 Å². The lowest BCUT2D eigenvalue weighted by Crippen LogP contribution is -2.33. The second-order valence-corrected chi connectivity index (χ2v) is 5.91. The van der Waals surface area contributed by atoms with Crippen LogP contribution < -0.4 is 0 Å². The number of nitrogens with zero attached hydrogens (tertiary/aromatic N) is 2. The van der Waals surface area contributed by atoms with Gasteiger partial charge in [0.25, 0.3) is 0 Å². The predicted octanol–water partition coefficient (Wildman–Crippen LogP) is 3.19. The highest BCUT2D eigenvalue weighted by molar-refractivity contribution is 6.35. The molecule has 26 heavy (non-hydrogen) atoms. The van der Waals surface area contributed by atoms with E-state index in [0.29, 0.717) is 0 Å². The Morgan fingerprint density at radius 2 is 1.54 bits per heavy atom. The normalized spacial score (nSPS) is 12.6. The first-order valence-electron chi connectivity index (χ1n) is 7.62. The molecule has 0 aliphatic heterocycles. The van der Waals surface area contributed by atoms with Crippen LogP contribution in [0.2, 0.25) is 10.0 Å². The van der Waals surface area contributed by atoms with Crippen molar-refractivity contribution in [1.29, 1.82) is 10.5 Å². The molecule has 0 aliphatic rings. The van der Waals surface area contributed by atoms with Crippen LogP contribution >= 0.6 is 23.2 Å². The second kappa shape index (κ2) is 9.86. The van der Waals surface area contributed by atoms with E-state index >= 15 is 0 Å². The third kappa shape index (κ3) is 4.78. The molecule has 0 unspecified atom stereocenters. The second-order valence-electron chi connectivity index (χ2n) is 5.07. The van der Waals surface area contributed by atoms with Gasteiger partial charge in [0.2, 0.25) is 0 Å². The summed E-state index contributed by atoms with van der Waals surface area (Å²) in [5.74, 6) is -6.90. The molecule has 138 valence electrons. The van der Waals surface area contributed by atoms with E-state index in [1.54, 1.807) is 26.0 Å². The van der Waals surface area contributed by atoms with Gasteiger partial charge in [0.15, 0.2) is 11.8 Å². The number of hydrogen-bond donors (Lipinski definition) is 1. The van der Waals surface area contributed by atoms with Crippen LogP contribution in [-0.4, -0.2) is 30.3 Å². The van der Waals surface area contributed by atoms with Crippen molar-refractivity contribution in [2.24, 2.45) is 11.8 Å². The van der Waals surface area contributed by atoms with Gasteiger partial charge in [-0.1, -0.05) is 23.2 Å². The van der Waals surface area contributed by atoms with E-state index in [4.69, 9.17) is 32.7 Å². The number of benzene rings is 1. The van der Waals surface area contributed by atoms with E-state index in [2.05, 4.69) is 0 Å². The average molecular weight is 399 g/mol. The molecule has 0 fully saturated rings. The summed E-state index contributed by atoms with van der Waals surface area (Å²) in [6.45, 7) is 3.07. The molecule has 0 aromatic heterocycles. The number of phenolic OH excluding ortho intramolecular Hbond substituents is 1. The summed E-state index contributed by atoms with van der Waals surface area (Å²) in [5.41, 5.74) is -0.0956. The fourth-order valence-electron chi connectivity index (χ4n) is 2.41. The maximum absolute atomic E-state index is 12.2. The third-order valence-corrected chi connectivity index (χ3v) is 4.00. The van der Waals surface area contributed by atoms with Gasteiger partial charge in [-0.15, -0.1) is 0 Å². The maximum atomic E-state index is 12.2. The molecule has 0 amide bonds. The van der Waals surface area contributed by atoms with Crippen LogP contribution in [0.5, 0.6) is 5.75 Å². The predicted molar refractivity (Wildman–Crippen MR) is 92.3 cm³/mol. The number of carbonyl (C=O) groups is 2. The number of rotatable bonds is 7. The molecule has 2 atom stereocenters. The number of phenols is 1. The molecule has 0 heterocycles. The van der Waals surface area contributed by atoms with Gasteiger partial charge >= 0.3 is 11.9 Å². The van der Waals surface area contributed by atoms with Crippen LogP contribution in [0.4, 0.5) is 0 Å². The minimum atomic E-state index is -1.57. The summed E-state index contributed by atoms with van der Waals surface area (Å²) in [5, 5.41) is 29.2. The largest absolute Gasteiger partial charge is 0.506 e. The fraction of sp³-hybridized carbons (Fsp3) is 0.412. The summed E-state index contributed by atoms with van der Waals surface area (Å²) in [7, 11) is 0. The Labute approximate surface area is 160 Å². The van der Waals surface area contributed by atoms with E-state index in [-0.39, 0.29) is 28.8 Å². The molecular weight excluding hydrogens is 383 g/mol. The summed E-state index contributed by atoms with van der Waals surface area (Å²) in [6.07, 6.45) is 0. The Morgan fingerprint density at radius 3 is 1.92 bits per heavy atom.